The summed E-state index contributed by atoms with van der Waals surface area (Å²) in [5.74, 6) is 0.617. The molecule has 75 heavy (non-hydrogen) atoms. The average Bonchev–Trinajstić information content (AvgIpc) is 4.18. The topological polar surface area (TPSA) is 112 Å². The number of hydrogen-bond acceptors (Lipinski definition) is 5. The van der Waals surface area contributed by atoms with Gasteiger partial charge in [-0.3, -0.25) is 0 Å². The van der Waals surface area contributed by atoms with Gasteiger partial charge in [-0.05, 0) is 120 Å². The molecule has 0 bridgehead atoms. The molecule has 14 aromatic rings. The van der Waals surface area contributed by atoms with Crippen molar-refractivity contribution in [2.75, 3.05) is 0 Å². The Balaban J connectivity index is 0.918. The van der Waals surface area contributed by atoms with Crippen molar-refractivity contribution in [1.29, 1.82) is 15.8 Å². The van der Waals surface area contributed by atoms with E-state index in [9.17, 15) is 15.8 Å². The van der Waals surface area contributed by atoms with Crippen LogP contribution in [0, 0.1) is 34.0 Å². The summed E-state index contributed by atoms with van der Waals surface area (Å²) in [5.41, 5.74) is 17.0. The second-order valence-corrected chi connectivity index (χ2v) is 18.7. The van der Waals surface area contributed by atoms with E-state index in [2.05, 4.69) is 129 Å². The molecule has 0 saturated carbocycles. The van der Waals surface area contributed by atoms with E-state index in [1.165, 1.54) is 0 Å². The number of benzene rings is 10. The number of hydrogen-bond donors (Lipinski definition) is 0. The van der Waals surface area contributed by atoms with Crippen molar-refractivity contribution in [2.24, 2.45) is 0 Å². The highest BCUT2D eigenvalue weighted by Gasteiger charge is 2.21. The van der Waals surface area contributed by atoms with Gasteiger partial charge in [0.2, 0.25) is 0 Å². The summed E-state index contributed by atoms with van der Waals surface area (Å²) in [6.07, 6.45) is 0. The molecule has 0 atom stereocenters. The Morgan fingerprint density at radius 1 is 0.293 bits per heavy atom. The molecule has 0 unspecified atom stereocenters. The molecule has 0 amide bonds. The van der Waals surface area contributed by atoms with E-state index >= 15 is 0 Å². The van der Waals surface area contributed by atoms with Crippen molar-refractivity contribution in [3.63, 3.8) is 0 Å². The molecule has 0 spiro atoms. The molecule has 0 radical (unpaired) electrons. The smallest absolute Gasteiger partial charge is 0.160 e. The van der Waals surface area contributed by atoms with Gasteiger partial charge in [0.15, 0.2) is 5.82 Å². The van der Waals surface area contributed by atoms with Crippen molar-refractivity contribution < 1.29 is 0 Å². The van der Waals surface area contributed by atoms with Crippen molar-refractivity contribution in [3.8, 4) is 80.3 Å². The highest BCUT2D eigenvalue weighted by molar-refractivity contribution is 6.14. The number of nitriles is 3. The normalized spacial score (nSPS) is 11.4. The fourth-order valence-corrected chi connectivity index (χ4v) is 11.1. The molecule has 8 nitrogen and oxygen atoms in total. The third-order valence-electron chi connectivity index (χ3n) is 14.6. The predicted molar refractivity (Wildman–Crippen MR) is 301 cm³/mol. The molecule has 14 rings (SSSR count). The lowest BCUT2D eigenvalue weighted by Crippen LogP contribution is -1.97. The van der Waals surface area contributed by atoms with Crippen LogP contribution in [0.4, 0.5) is 0 Å². The van der Waals surface area contributed by atoms with Gasteiger partial charge in [-0.15, -0.1) is 0 Å². The molecule has 346 valence electrons. The van der Waals surface area contributed by atoms with Gasteiger partial charge in [0, 0.05) is 66.1 Å². The quantitative estimate of drug-likeness (QED) is 0.158. The van der Waals surface area contributed by atoms with Gasteiger partial charge in [0.25, 0.3) is 0 Å². The van der Waals surface area contributed by atoms with E-state index in [4.69, 9.17) is 9.97 Å². The lowest BCUT2D eigenvalue weighted by atomic mass is 9.96. The maximum absolute atomic E-state index is 10.7. The standard InChI is InChI=1S/C67H38N8/c68-39-42-19-29-63-55(33-42)53-15-7-9-17-61(53)74(63)50-26-31-65-57(36-50)58-37-51(75-62-18-10-8-16-54(62)56-34-43(40-69)20-30-64(56)75)27-32-66(58)73(65)49-24-21-44(22-25-49)52-28-23-47(35-48(52)41-70)60-38-59(45-11-3-1-4-12-45)71-67(72-60)46-13-5-2-6-14-46/h1-38H. The van der Waals surface area contributed by atoms with Crippen LogP contribution in [-0.4, -0.2) is 23.7 Å². The fraction of sp³-hybridized carbons (Fsp3) is 0. The van der Waals surface area contributed by atoms with Crippen LogP contribution in [0.25, 0.3) is 128 Å². The molecular weight excluding hydrogens is 917 g/mol. The van der Waals surface area contributed by atoms with E-state index in [-0.39, 0.29) is 0 Å². The molecule has 0 aliphatic heterocycles. The number of fused-ring (bicyclic) bond motifs is 9. The summed E-state index contributed by atoms with van der Waals surface area (Å²) < 4.78 is 6.90. The Morgan fingerprint density at radius 2 is 0.720 bits per heavy atom. The molecule has 0 saturated heterocycles. The summed E-state index contributed by atoms with van der Waals surface area (Å²) in [6, 6.07) is 85.6. The van der Waals surface area contributed by atoms with Crippen molar-refractivity contribution >= 4 is 65.4 Å². The summed E-state index contributed by atoms with van der Waals surface area (Å²) >= 11 is 0. The third-order valence-corrected chi connectivity index (χ3v) is 14.6. The fourth-order valence-electron chi connectivity index (χ4n) is 11.1. The van der Waals surface area contributed by atoms with E-state index < -0.39 is 0 Å². The van der Waals surface area contributed by atoms with E-state index in [0.717, 1.165) is 122 Å². The van der Waals surface area contributed by atoms with Gasteiger partial charge in [0.05, 0.1) is 79.4 Å². The predicted octanol–water partition coefficient (Wildman–Crippen LogP) is 16.1. The van der Waals surface area contributed by atoms with Gasteiger partial charge in [0.1, 0.15) is 0 Å². The van der Waals surface area contributed by atoms with Crippen molar-refractivity contribution in [2.45, 2.75) is 0 Å². The third kappa shape index (κ3) is 6.96. The van der Waals surface area contributed by atoms with Gasteiger partial charge < -0.3 is 13.7 Å². The molecule has 4 heterocycles. The number of para-hydroxylation sites is 2. The first-order valence-corrected chi connectivity index (χ1v) is 24.6. The highest BCUT2D eigenvalue weighted by Crippen LogP contribution is 2.41. The zero-order valence-corrected chi connectivity index (χ0v) is 40.0. The van der Waals surface area contributed by atoms with Gasteiger partial charge in [-0.2, -0.15) is 15.8 Å². The van der Waals surface area contributed by atoms with Crippen LogP contribution in [0.2, 0.25) is 0 Å². The number of nitrogens with zero attached hydrogens (tertiary/aromatic N) is 8. The van der Waals surface area contributed by atoms with Gasteiger partial charge in [-0.1, -0.05) is 121 Å². The van der Waals surface area contributed by atoms with Crippen molar-refractivity contribution in [1.82, 2.24) is 23.7 Å². The SMILES string of the molecule is N#Cc1ccc2c(c1)c1ccccc1n2-c1ccc2c(c1)c1cc(-n3c4ccccc4c4cc(C#N)ccc43)ccc1n2-c1ccc(-c2ccc(-c3cc(-c4ccccc4)nc(-c4ccccc4)n3)cc2C#N)cc1. The van der Waals surface area contributed by atoms with Crippen LogP contribution in [0.15, 0.2) is 231 Å². The maximum Gasteiger partial charge on any atom is 0.160 e. The molecule has 0 fully saturated rings. The summed E-state index contributed by atoms with van der Waals surface area (Å²) in [7, 11) is 0. The Morgan fingerprint density at radius 3 is 1.25 bits per heavy atom. The van der Waals surface area contributed by atoms with Crippen LogP contribution in [0.1, 0.15) is 16.7 Å². The molecule has 4 aromatic heterocycles. The monoisotopic (exact) mass is 954 g/mol. The second-order valence-electron chi connectivity index (χ2n) is 18.7. The minimum Gasteiger partial charge on any atom is -0.309 e. The Bertz CT molecular complexity index is 4540. The largest absolute Gasteiger partial charge is 0.309 e. The lowest BCUT2D eigenvalue weighted by molar-refractivity contribution is 1.16. The van der Waals surface area contributed by atoms with Crippen LogP contribution < -0.4 is 0 Å². The molecule has 0 aliphatic rings. The first kappa shape index (κ1) is 43.0. The highest BCUT2D eigenvalue weighted by atomic mass is 15.0. The zero-order valence-electron chi connectivity index (χ0n) is 40.0. The van der Waals surface area contributed by atoms with Gasteiger partial charge >= 0.3 is 0 Å². The maximum atomic E-state index is 10.7. The minimum atomic E-state index is 0.543. The van der Waals surface area contributed by atoms with Crippen LogP contribution in [0.3, 0.4) is 0 Å². The molecular formula is C67H38N8. The zero-order chi connectivity index (χ0) is 50.1. The minimum absolute atomic E-state index is 0.543. The number of rotatable bonds is 7. The van der Waals surface area contributed by atoms with Crippen LogP contribution in [0.5, 0.6) is 0 Å². The number of aromatic nitrogens is 5. The first-order chi connectivity index (χ1) is 37.0. The Hall–Kier alpha value is -10.9. The molecule has 10 aromatic carbocycles. The van der Waals surface area contributed by atoms with E-state index in [1.807, 2.05) is 133 Å². The molecule has 0 N–H and O–H groups in total. The van der Waals surface area contributed by atoms with Gasteiger partial charge in [-0.25, -0.2) is 9.97 Å². The summed E-state index contributed by atoms with van der Waals surface area (Å²) in [5, 5.41) is 36.8. The van der Waals surface area contributed by atoms with Crippen molar-refractivity contribution in [3.05, 3.63) is 247 Å². The molecule has 8 heteroatoms. The Kier molecular flexibility index (Phi) is 9.85. The van der Waals surface area contributed by atoms with Crippen LogP contribution in [-0.2, 0) is 0 Å². The summed E-state index contributed by atoms with van der Waals surface area (Å²) in [6.45, 7) is 0. The van der Waals surface area contributed by atoms with Crippen LogP contribution >= 0.6 is 0 Å². The summed E-state index contributed by atoms with van der Waals surface area (Å²) in [4.78, 5) is 9.99. The Labute approximate surface area is 430 Å². The first-order valence-electron chi connectivity index (χ1n) is 24.6. The van der Waals surface area contributed by atoms with E-state index in [1.54, 1.807) is 0 Å². The second kappa shape index (κ2) is 17.2. The molecule has 0 aliphatic carbocycles. The lowest BCUT2D eigenvalue weighted by Gasteiger charge is -2.13. The average molecular weight is 955 g/mol. The van der Waals surface area contributed by atoms with E-state index in [0.29, 0.717) is 22.5 Å².